The lowest BCUT2D eigenvalue weighted by Gasteiger charge is -2.32. The first-order chi connectivity index (χ1) is 12.8. The van der Waals surface area contributed by atoms with Crippen LogP contribution in [-0.2, 0) is 6.54 Å². The van der Waals surface area contributed by atoms with Gasteiger partial charge in [0.2, 0.25) is 5.88 Å². The number of benzene rings is 1. The molecular formula is C19H20FN5O. The van der Waals surface area contributed by atoms with Crippen LogP contribution in [0, 0.1) is 5.82 Å². The van der Waals surface area contributed by atoms with E-state index >= 15 is 0 Å². The Labute approximate surface area is 151 Å². The molecule has 3 aromatic rings. The fourth-order valence-electron chi connectivity index (χ4n) is 3.36. The molecule has 26 heavy (non-hydrogen) atoms. The average Bonchev–Trinajstić information content (AvgIpc) is 3.17. The SMILES string of the molecule is Fc1ccccc1Oc1nccnc1[C@@H]1CCCN(Cc2cnc[nH]2)C1. The van der Waals surface area contributed by atoms with Gasteiger partial charge in [0, 0.05) is 43.3 Å². The van der Waals surface area contributed by atoms with Gasteiger partial charge in [-0.25, -0.2) is 14.4 Å². The minimum Gasteiger partial charge on any atom is -0.434 e. The van der Waals surface area contributed by atoms with E-state index in [1.54, 1.807) is 36.9 Å². The van der Waals surface area contributed by atoms with E-state index < -0.39 is 5.82 Å². The molecule has 1 N–H and O–H groups in total. The molecule has 1 atom stereocenters. The first kappa shape index (κ1) is 16.7. The molecule has 2 aromatic heterocycles. The summed E-state index contributed by atoms with van der Waals surface area (Å²) in [6.07, 6.45) is 8.85. The summed E-state index contributed by atoms with van der Waals surface area (Å²) in [6.45, 7) is 2.70. The second-order valence-electron chi connectivity index (χ2n) is 6.43. The number of nitrogens with zero attached hydrogens (tertiary/aromatic N) is 4. The smallest absolute Gasteiger partial charge is 0.241 e. The molecule has 0 unspecified atom stereocenters. The Bertz CT molecular complexity index is 855. The van der Waals surface area contributed by atoms with Crippen molar-refractivity contribution < 1.29 is 9.13 Å². The van der Waals surface area contributed by atoms with Crippen molar-refractivity contribution in [3.8, 4) is 11.6 Å². The minimum absolute atomic E-state index is 0.166. The summed E-state index contributed by atoms with van der Waals surface area (Å²) in [5, 5.41) is 0. The summed E-state index contributed by atoms with van der Waals surface area (Å²) in [6, 6.07) is 6.34. The topological polar surface area (TPSA) is 66.9 Å². The van der Waals surface area contributed by atoms with Crippen LogP contribution >= 0.6 is 0 Å². The van der Waals surface area contributed by atoms with Gasteiger partial charge in [-0.3, -0.25) is 9.88 Å². The van der Waals surface area contributed by atoms with Gasteiger partial charge in [-0.05, 0) is 31.5 Å². The summed E-state index contributed by atoms with van der Waals surface area (Å²) in [5.74, 6) is 0.334. The molecule has 6 nitrogen and oxygen atoms in total. The van der Waals surface area contributed by atoms with Crippen LogP contribution in [-0.4, -0.2) is 37.9 Å². The molecule has 1 aliphatic rings. The van der Waals surface area contributed by atoms with E-state index in [2.05, 4.69) is 24.8 Å². The van der Waals surface area contributed by atoms with Crippen molar-refractivity contribution >= 4 is 0 Å². The van der Waals surface area contributed by atoms with Crippen LogP contribution in [0.2, 0.25) is 0 Å². The number of aromatic amines is 1. The summed E-state index contributed by atoms with van der Waals surface area (Å²) in [4.78, 5) is 18.4. The molecule has 1 aromatic carbocycles. The number of ether oxygens (including phenoxy) is 1. The molecule has 0 bridgehead atoms. The Morgan fingerprint density at radius 1 is 1.23 bits per heavy atom. The van der Waals surface area contributed by atoms with Gasteiger partial charge in [-0.15, -0.1) is 0 Å². The molecule has 0 saturated carbocycles. The van der Waals surface area contributed by atoms with E-state index in [-0.39, 0.29) is 11.7 Å². The molecule has 134 valence electrons. The van der Waals surface area contributed by atoms with Crippen LogP contribution in [0.3, 0.4) is 0 Å². The highest BCUT2D eigenvalue weighted by atomic mass is 19.1. The Kier molecular flexibility index (Phi) is 4.88. The van der Waals surface area contributed by atoms with Crippen molar-refractivity contribution in [2.24, 2.45) is 0 Å². The van der Waals surface area contributed by atoms with Crippen molar-refractivity contribution in [1.82, 2.24) is 24.8 Å². The summed E-state index contributed by atoms with van der Waals surface area (Å²) < 4.78 is 19.7. The Hall–Kier alpha value is -2.80. The zero-order chi connectivity index (χ0) is 17.8. The number of hydrogen-bond acceptors (Lipinski definition) is 5. The number of piperidine rings is 1. The number of H-pyrrole nitrogens is 1. The average molecular weight is 353 g/mol. The number of halogens is 1. The molecule has 1 saturated heterocycles. The maximum Gasteiger partial charge on any atom is 0.241 e. The minimum atomic E-state index is -0.409. The standard InChI is InChI=1S/C19H20FN5O/c20-16-5-1-2-6-17(16)26-19-18(22-7-8-23-19)14-4-3-9-25(11-14)12-15-10-21-13-24-15/h1-2,5-8,10,13-14H,3-4,9,11-12H2,(H,21,24)/t14-/m1/s1. The van der Waals surface area contributed by atoms with Gasteiger partial charge in [0.05, 0.1) is 6.33 Å². The third-order valence-corrected chi connectivity index (χ3v) is 4.58. The molecule has 0 amide bonds. The van der Waals surface area contributed by atoms with Crippen LogP contribution in [0.25, 0.3) is 0 Å². The lowest BCUT2D eigenvalue weighted by molar-refractivity contribution is 0.194. The van der Waals surface area contributed by atoms with Crippen molar-refractivity contribution in [3.05, 3.63) is 66.4 Å². The highest BCUT2D eigenvalue weighted by Crippen LogP contribution is 2.33. The van der Waals surface area contributed by atoms with Gasteiger partial charge in [-0.2, -0.15) is 0 Å². The number of aromatic nitrogens is 4. The Morgan fingerprint density at radius 3 is 2.96 bits per heavy atom. The number of rotatable bonds is 5. The van der Waals surface area contributed by atoms with E-state index in [0.29, 0.717) is 5.88 Å². The van der Waals surface area contributed by atoms with Crippen molar-refractivity contribution in [3.63, 3.8) is 0 Å². The van der Waals surface area contributed by atoms with Gasteiger partial charge in [-0.1, -0.05) is 12.1 Å². The zero-order valence-corrected chi connectivity index (χ0v) is 14.3. The van der Waals surface area contributed by atoms with E-state index in [4.69, 9.17) is 4.74 Å². The maximum atomic E-state index is 13.9. The van der Waals surface area contributed by atoms with Gasteiger partial charge >= 0.3 is 0 Å². The molecule has 0 aliphatic carbocycles. The molecule has 4 rings (SSSR count). The molecular weight excluding hydrogens is 333 g/mol. The molecule has 0 radical (unpaired) electrons. The van der Waals surface area contributed by atoms with Crippen molar-refractivity contribution in [2.75, 3.05) is 13.1 Å². The fraction of sp³-hybridized carbons (Fsp3) is 0.316. The fourth-order valence-corrected chi connectivity index (χ4v) is 3.36. The Balaban J connectivity index is 1.53. The molecule has 0 spiro atoms. The summed E-state index contributed by atoms with van der Waals surface area (Å²) >= 11 is 0. The number of likely N-dealkylation sites (tertiary alicyclic amines) is 1. The normalized spacial score (nSPS) is 18.0. The first-order valence-electron chi connectivity index (χ1n) is 8.72. The number of nitrogens with one attached hydrogen (secondary N) is 1. The molecule has 3 heterocycles. The summed E-state index contributed by atoms with van der Waals surface area (Å²) in [7, 11) is 0. The Morgan fingerprint density at radius 2 is 2.12 bits per heavy atom. The highest BCUT2D eigenvalue weighted by molar-refractivity contribution is 5.32. The van der Waals surface area contributed by atoms with E-state index in [1.807, 2.05) is 6.20 Å². The quantitative estimate of drug-likeness (QED) is 0.760. The zero-order valence-electron chi connectivity index (χ0n) is 14.3. The third-order valence-electron chi connectivity index (χ3n) is 4.58. The monoisotopic (exact) mass is 353 g/mol. The van der Waals surface area contributed by atoms with Crippen LogP contribution < -0.4 is 4.74 Å². The lowest BCUT2D eigenvalue weighted by atomic mass is 9.94. The molecule has 1 fully saturated rings. The van der Waals surface area contributed by atoms with Crippen molar-refractivity contribution in [2.45, 2.75) is 25.3 Å². The number of hydrogen-bond donors (Lipinski definition) is 1. The first-order valence-corrected chi connectivity index (χ1v) is 8.72. The van der Waals surface area contributed by atoms with Crippen LogP contribution in [0.15, 0.2) is 49.2 Å². The summed E-state index contributed by atoms with van der Waals surface area (Å²) in [5.41, 5.74) is 1.87. The third kappa shape index (κ3) is 3.72. The van der Waals surface area contributed by atoms with E-state index in [9.17, 15) is 4.39 Å². The van der Waals surface area contributed by atoms with Crippen LogP contribution in [0.1, 0.15) is 30.1 Å². The predicted octanol–water partition coefficient (Wildman–Crippen LogP) is 3.51. The van der Waals surface area contributed by atoms with Gasteiger partial charge in [0.1, 0.15) is 5.69 Å². The van der Waals surface area contributed by atoms with Gasteiger partial charge in [0.25, 0.3) is 0 Å². The highest BCUT2D eigenvalue weighted by Gasteiger charge is 2.26. The predicted molar refractivity (Wildman–Crippen MR) is 94.3 cm³/mol. The molecule has 1 aliphatic heterocycles. The van der Waals surface area contributed by atoms with Crippen molar-refractivity contribution in [1.29, 1.82) is 0 Å². The van der Waals surface area contributed by atoms with E-state index in [0.717, 1.165) is 43.9 Å². The maximum absolute atomic E-state index is 13.9. The second-order valence-corrected chi connectivity index (χ2v) is 6.43. The lowest BCUT2D eigenvalue weighted by Crippen LogP contribution is -2.34. The van der Waals surface area contributed by atoms with Crippen LogP contribution in [0.5, 0.6) is 11.6 Å². The van der Waals surface area contributed by atoms with Gasteiger partial charge in [0.15, 0.2) is 11.6 Å². The van der Waals surface area contributed by atoms with Gasteiger partial charge < -0.3 is 9.72 Å². The van der Waals surface area contributed by atoms with E-state index in [1.165, 1.54) is 6.07 Å². The number of imidazole rings is 1. The molecule has 7 heteroatoms. The second kappa shape index (κ2) is 7.61. The van der Waals surface area contributed by atoms with Crippen LogP contribution in [0.4, 0.5) is 4.39 Å². The number of para-hydroxylation sites is 1. The largest absolute Gasteiger partial charge is 0.434 e.